The molecule has 0 radical (unpaired) electrons. The van der Waals surface area contributed by atoms with Crippen LogP contribution < -0.4 is 19.5 Å². The van der Waals surface area contributed by atoms with Crippen LogP contribution >= 0.6 is 0 Å². The lowest BCUT2D eigenvalue weighted by atomic mass is 9.87. The monoisotopic (exact) mass is 627 g/mol. The number of benzene rings is 4. The summed E-state index contributed by atoms with van der Waals surface area (Å²) in [6, 6.07) is 24.6. The molecule has 4 aromatic rings. The highest BCUT2D eigenvalue weighted by Gasteiger charge is 2.25. The van der Waals surface area contributed by atoms with E-state index in [-0.39, 0.29) is 34.9 Å². The molecule has 0 saturated heterocycles. The van der Waals surface area contributed by atoms with E-state index in [1.165, 1.54) is 12.0 Å². The fourth-order valence-electron chi connectivity index (χ4n) is 5.59. The van der Waals surface area contributed by atoms with E-state index in [4.69, 9.17) is 9.47 Å². The van der Waals surface area contributed by atoms with E-state index in [9.17, 15) is 18.0 Å². The Kier molecular flexibility index (Phi) is 9.43. The molecule has 5 rings (SSSR count). The average Bonchev–Trinajstić information content (AvgIpc) is 3.04. The van der Waals surface area contributed by atoms with Crippen LogP contribution in [0.5, 0.6) is 11.5 Å². The van der Waals surface area contributed by atoms with Crippen molar-refractivity contribution in [3.05, 3.63) is 107 Å². The summed E-state index contributed by atoms with van der Waals surface area (Å²) in [6.45, 7) is 0. The van der Waals surface area contributed by atoms with Crippen LogP contribution in [-0.4, -0.2) is 53.4 Å². The molecule has 234 valence electrons. The molecule has 0 fully saturated rings. The van der Waals surface area contributed by atoms with Crippen molar-refractivity contribution >= 4 is 27.5 Å². The van der Waals surface area contributed by atoms with E-state index >= 15 is 0 Å². The van der Waals surface area contributed by atoms with Gasteiger partial charge in [-0.05, 0) is 95.6 Å². The molecule has 1 unspecified atom stereocenters. The molecule has 45 heavy (non-hydrogen) atoms. The Labute approximate surface area is 264 Å². The summed E-state index contributed by atoms with van der Waals surface area (Å²) in [6.07, 6.45) is 2.71. The highest BCUT2D eigenvalue weighted by atomic mass is 32.2. The second-order valence-corrected chi connectivity index (χ2v) is 12.9. The number of nitrogens with one attached hydrogen (secondary N) is 2. The van der Waals surface area contributed by atoms with Gasteiger partial charge in [0.15, 0.2) is 0 Å². The predicted octanol–water partition coefficient (Wildman–Crippen LogP) is 5.61. The lowest BCUT2D eigenvalue weighted by molar-refractivity contribution is -0.121. The van der Waals surface area contributed by atoms with Gasteiger partial charge in [-0.2, -0.15) is 0 Å². The van der Waals surface area contributed by atoms with E-state index in [1.54, 1.807) is 69.7 Å². The summed E-state index contributed by atoms with van der Waals surface area (Å²) in [5.74, 6) is 0.606. The van der Waals surface area contributed by atoms with E-state index in [0.717, 1.165) is 36.0 Å². The molecule has 2 N–H and O–H groups in total. The number of rotatable bonds is 10. The highest BCUT2D eigenvalue weighted by molar-refractivity contribution is 7.92. The van der Waals surface area contributed by atoms with Crippen molar-refractivity contribution in [3.8, 4) is 22.6 Å². The van der Waals surface area contributed by atoms with Crippen molar-refractivity contribution in [2.24, 2.45) is 0 Å². The van der Waals surface area contributed by atoms with Crippen molar-refractivity contribution in [2.75, 3.05) is 33.0 Å². The van der Waals surface area contributed by atoms with Crippen LogP contribution in [0.15, 0.2) is 89.8 Å². The number of methoxy groups -OCH3 is 2. The SMILES string of the molecule is COc1cccc(CC(=O)NC2CCCc3ccc(NS(=O)(=O)c4cc(-c5cccc(C(=O)N(C)C)c5)ccc4OC)cc32)c1. The molecular formula is C35H37N3O6S. The van der Waals surface area contributed by atoms with Gasteiger partial charge in [-0.3, -0.25) is 14.3 Å². The van der Waals surface area contributed by atoms with Gasteiger partial charge >= 0.3 is 0 Å². The third-order valence-corrected chi connectivity index (χ3v) is 9.25. The fourth-order valence-corrected chi connectivity index (χ4v) is 6.84. The van der Waals surface area contributed by atoms with Crippen LogP contribution in [0.3, 0.4) is 0 Å². The van der Waals surface area contributed by atoms with Gasteiger partial charge in [0.25, 0.3) is 15.9 Å². The lowest BCUT2D eigenvalue weighted by Crippen LogP contribution is -2.32. The van der Waals surface area contributed by atoms with Crippen LogP contribution in [0, 0.1) is 0 Å². The molecule has 0 heterocycles. The maximum atomic E-state index is 13.8. The second kappa shape index (κ2) is 13.4. The van der Waals surface area contributed by atoms with Gasteiger partial charge in [0.1, 0.15) is 16.4 Å². The number of carbonyl (C=O) groups excluding carboxylic acids is 2. The molecule has 9 nitrogen and oxygen atoms in total. The molecule has 2 amide bonds. The number of carbonyl (C=O) groups is 2. The topological polar surface area (TPSA) is 114 Å². The number of hydrogen-bond acceptors (Lipinski definition) is 6. The first-order valence-corrected chi connectivity index (χ1v) is 16.1. The van der Waals surface area contributed by atoms with E-state index < -0.39 is 10.0 Å². The highest BCUT2D eigenvalue weighted by Crippen LogP contribution is 2.35. The Bertz CT molecular complexity index is 1840. The van der Waals surface area contributed by atoms with Crippen LogP contribution in [0.2, 0.25) is 0 Å². The molecule has 0 aliphatic heterocycles. The number of aryl methyl sites for hydroxylation is 1. The van der Waals surface area contributed by atoms with E-state index in [2.05, 4.69) is 10.0 Å². The Morgan fingerprint density at radius 3 is 2.42 bits per heavy atom. The van der Waals surface area contributed by atoms with Gasteiger partial charge in [-0.25, -0.2) is 8.42 Å². The molecule has 0 aromatic heterocycles. The quantitative estimate of drug-likeness (QED) is 0.236. The van der Waals surface area contributed by atoms with Gasteiger partial charge < -0.3 is 19.7 Å². The predicted molar refractivity (Wildman–Crippen MR) is 174 cm³/mol. The van der Waals surface area contributed by atoms with Crippen molar-refractivity contribution in [1.82, 2.24) is 10.2 Å². The largest absolute Gasteiger partial charge is 0.497 e. The van der Waals surface area contributed by atoms with Crippen LogP contribution in [-0.2, 0) is 27.7 Å². The van der Waals surface area contributed by atoms with Crippen molar-refractivity contribution in [3.63, 3.8) is 0 Å². The standard InChI is InChI=1S/C35H37N3O6S/c1-38(2)35(40)27-11-6-10-25(20-27)26-15-17-32(44-4)33(21-26)45(41,42)37-28-16-14-24-9-7-13-31(30(24)22-28)36-34(39)19-23-8-5-12-29(18-23)43-3/h5-6,8,10-12,14-18,20-22,31,37H,7,9,13,19H2,1-4H3,(H,36,39). The van der Waals surface area contributed by atoms with E-state index in [0.29, 0.717) is 28.1 Å². The number of sulfonamides is 1. The Morgan fingerprint density at radius 1 is 0.889 bits per heavy atom. The molecule has 4 aromatic carbocycles. The summed E-state index contributed by atoms with van der Waals surface area (Å²) in [7, 11) is 2.27. The maximum Gasteiger partial charge on any atom is 0.265 e. The maximum absolute atomic E-state index is 13.8. The number of ether oxygens (including phenoxy) is 2. The first kappa shape index (κ1) is 31.6. The molecule has 1 aliphatic carbocycles. The minimum atomic E-state index is -4.09. The summed E-state index contributed by atoms with van der Waals surface area (Å²) in [5, 5.41) is 3.14. The molecule has 0 saturated carbocycles. The Hall–Kier alpha value is -4.83. The summed E-state index contributed by atoms with van der Waals surface area (Å²) >= 11 is 0. The number of fused-ring (bicyclic) bond motifs is 1. The fraction of sp³-hybridized carbons (Fsp3) is 0.257. The minimum absolute atomic E-state index is 0.0345. The Morgan fingerprint density at radius 2 is 1.67 bits per heavy atom. The normalized spacial score (nSPS) is 14.2. The van der Waals surface area contributed by atoms with Gasteiger partial charge in [0, 0.05) is 25.3 Å². The summed E-state index contributed by atoms with van der Waals surface area (Å²) in [4.78, 5) is 27.0. The molecule has 10 heteroatoms. The third kappa shape index (κ3) is 7.29. The van der Waals surface area contributed by atoms with Gasteiger partial charge in [0.05, 0.1) is 26.7 Å². The molecular weight excluding hydrogens is 590 g/mol. The van der Waals surface area contributed by atoms with Gasteiger partial charge in [-0.15, -0.1) is 0 Å². The lowest BCUT2D eigenvalue weighted by Gasteiger charge is -2.27. The number of nitrogens with zero attached hydrogens (tertiary/aromatic N) is 1. The number of anilines is 1. The van der Waals surface area contributed by atoms with Crippen molar-refractivity contribution in [1.29, 1.82) is 0 Å². The third-order valence-electron chi connectivity index (χ3n) is 7.85. The van der Waals surface area contributed by atoms with Crippen molar-refractivity contribution < 1.29 is 27.5 Å². The molecule has 0 spiro atoms. The Balaban J connectivity index is 1.39. The summed E-state index contributed by atoms with van der Waals surface area (Å²) in [5.41, 5.74) is 5.00. The molecule has 1 aliphatic rings. The average molecular weight is 628 g/mol. The molecule has 0 bridgehead atoms. The van der Waals surface area contributed by atoms with Crippen LogP contribution in [0.25, 0.3) is 11.1 Å². The van der Waals surface area contributed by atoms with Gasteiger partial charge in [0.2, 0.25) is 5.91 Å². The zero-order valence-electron chi connectivity index (χ0n) is 25.8. The smallest absolute Gasteiger partial charge is 0.265 e. The first-order valence-electron chi connectivity index (χ1n) is 14.7. The van der Waals surface area contributed by atoms with Crippen LogP contribution in [0.1, 0.15) is 45.9 Å². The van der Waals surface area contributed by atoms with Gasteiger partial charge in [-0.1, -0.05) is 36.4 Å². The second-order valence-electron chi connectivity index (χ2n) is 11.2. The van der Waals surface area contributed by atoms with Crippen molar-refractivity contribution in [2.45, 2.75) is 36.6 Å². The number of amides is 2. The van der Waals surface area contributed by atoms with E-state index in [1.807, 2.05) is 36.4 Å². The van der Waals surface area contributed by atoms with Crippen LogP contribution in [0.4, 0.5) is 5.69 Å². The minimum Gasteiger partial charge on any atom is -0.497 e. The number of hydrogen-bond donors (Lipinski definition) is 2. The first-order chi connectivity index (χ1) is 21.6. The zero-order valence-corrected chi connectivity index (χ0v) is 26.6. The zero-order chi connectivity index (χ0) is 32.1. The summed E-state index contributed by atoms with van der Waals surface area (Å²) < 4.78 is 41.0. The molecule has 1 atom stereocenters.